The monoisotopic (exact) mass is 487 g/mol. The number of hydrogen-bond donors (Lipinski definition) is 2. The van der Waals surface area contributed by atoms with Gasteiger partial charge < -0.3 is 25.5 Å². The van der Waals surface area contributed by atoms with Crippen LogP contribution in [0.2, 0.25) is 0 Å². The molecule has 3 aromatic rings. The first-order valence-electron chi connectivity index (χ1n) is 10.6. The molecule has 2 unspecified atom stereocenters. The van der Waals surface area contributed by atoms with Crippen LogP contribution in [-0.4, -0.2) is 50.6 Å². The number of para-hydroxylation sites is 1. The SMILES string of the molecule is CCOC(=O)CN.C[C@@]1(OC[P+](=O)Oc2ccccc2)C=CC(n2cnc3c(N)ncnc32)C1. The lowest BCUT2D eigenvalue weighted by molar-refractivity contribution is -0.141. The Morgan fingerprint density at radius 1 is 1.26 bits per heavy atom. The molecule has 0 saturated carbocycles. The van der Waals surface area contributed by atoms with Gasteiger partial charge in [0.25, 0.3) is 6.35 Å². The van der Waals surface area contributed by atoms with Crippen LogP contribution >= 0.6 is 8.03 Å². The minimum atomic E-state index is -1.96. The van der Waals surface area contributed by atoms with Crippen LogP contribution in [0.5, 0.6) is 5.75 Å². The lowest BCUT2D eigenvalue weighted by atomic mass is 10.1. The summed E-state index contributed by atoms with van der Waals surface area (Å²) < 4.78 is 29.8. The Labute approximate surface area is 198 Å². The molecule has 180 valence electrons. The van der Waals surface area contributed by atoms with Gasteiger partial charge in [0.15, 0.2) is 17.2 Å². The van der Waals surface area contributed by atoms with Gasteiger partial charge in [-0.3, -0.25) is 9.32 Å². The molecule has 4 rings (SSSR count). The number of benzene rings is 1. The first-order valence-corrected chi connectivity index (χ1v) is 12.0. The molecule has 4 N–H and O–H groups in total. The van der Waals surface area contributed by atoms with E-state index in [1.54, 1.807) is 25.4 Å². The zero-order valence-electron chi connectivity index (χ0n) is 19.0. The number of ether oxygens (including phenoxy) is 2. The number of esters is 1. The number of nitrogens with zero attached hydrogens (tertiary/aromatic N) is 4. The van der Waals surface area contributed by atoms with Gasteiger partial charge in [-0.25, -0.2) is 15.0 Å². The third-order valence-corrected chi connectivity index (χ3v) is 5.71. The smallest absolute Gasteiger partial charge is 0.465 e. The van der Waals surface area contributed by atoms with Crippen LogP contribution in [0.15, 0.2) is 55.1 Å². The number of anilines is 1. The molecule has 12 heteroatoms. The second-order valence-corrected chi connectivity index (χ2v) is 8.65. The van der Waals surface area contributed by atoms with Gasteiger partial charge in [-0.1, -0.05) is 30.4 Å². The summed E-state index contributed by atoms with van der Waals surface area (Å²) in [6, 6.07) is 9.07. The van der Waals surface area contributed by atoms with Gasteiger partial charge in [-0.2, -0.15) is 0 Å². The number of rotatable bonds is 8. The minimum Gasteiger partial charge on any atom is -0.465 e. The predicted molar refractivity (Wildman–Crippen MR) is 127 cm³/mol. The Hall–Kier alpha value is -3.40. The van der Waals surface area contributed by atoms with Crippen LogP contribution in [0, 0.1) is 0 Å². The van der Waals surface area contributed by atoms with E-state index in [2.05, 4.69) is 19.7 Å². The van der Waals surface area contributed by atoms with E-state index in [1.807, 2.05) is 41.8 Å². The van der Waals surface area contributed by atoms with Gasteiger partial charge in [-0.15, -0.1) is 0 Å². The van der Waals surface area contributed by atoms with Crippen molar-refractivity contribution in [2.75, 3.05) is 25.2 Å². The van der Waals surface area contributed by atoms with E-state index < -0.39 is 13.6 Å². The third kappa shape index (κ3) is 6.57. The van der Waals surface area contributed by atoms with E-state index >= 15 is 0 Å². The van der Waals surface area contributed by atoms with Crippen LogP contribution < -0.4 is 16.0 Å². The number of fused-ring (bicyclic) bond motifs is 1. The molecule has 0 aliphatic heterocycles. The minimum absolute atomic E-state index is 0.0115. The summed E-state index contributed by atoms with van der Waals surface area (Å²) in [5.74, 6) is 0.576. The van der Waals surface area contributed by atoms with E-state index in [9.17, 15) is 9.36 Å². The fraction of sp³-hybridized carbons (Fsp3) is 0.364. The van der Waals surface area contributed by atoms with E-state index in [0.717, 1.165) is 0 Å². The molecule has 2 heterocycles. The molecule has 0 saturated heterocycles. The quantitative estimate of drug-likeness (QED) is 0.275. The van der Waals surface area contributed by atoms with Crippen LogP contribution in [0.4, 0.5) is 5.82 Å². The maximum absolute atomic E-state index is 12.2. The highest BCUT2D eigenvalue weighted by Gasteiger charge is 2.36. The summed E-state index contributed by atoms with van der Waals surface area (Å²) in [6.07, 6.45) is 7.81. The summed E-state index contributed by atoms with van der Waals surface area (Å²) in [7, 11) is -1.96. The van der Waals surface area contributed by atoms with Crippen molar-refractivity contribution in [2.45, 2.75) is 31.9 Å². The second kappa shape index (κ2) is 11.6. The highest BCUT2D eigenvalue weighted by molar-refractivity contribution is 7.39. The molecule has 1 aromatic carbocycles. The largest absolute Gasteiger partial charge is 0.585 e. The molecule has 0 bridgehead atoms. The Kier molecular flexibility index (Phi) is 8.64. The average molecular weight is 487 g/mol. The second-order valence-electron chi connectivity index (χ2n) is 7.55. The molecular weight excluding hydrogens is 459 g/mol. The van der Waals surface area contributed by atoms with Crippen molar-refractivity contribution in [3.05, 3.63) is 55.1 Å². The van der Waals surface area contributed by atoms with Gasteiger partial charge in [-0.05, 0) is 30.5 Å². The molecular formula is C22H28N6O5P+. The molecule has 0 fully saturated rings. The summed E-state index contributed by atoms with van der Waals surface area (Å²) in [5, 5.41) is 0. The van der Waals surface area contributed by atoms with E-state index in [1.165, 1.54) is 6.33 Å². The van der Waals surface area contributed by atoms with Crippen LogP contribution in [0.25, 0.3) is 11.2 Å². The number of nitrogens with two attached hydrogens (primary N) is 2. The van der Waals surface area contributed by atoms with Crippen LogP contribution in [0.3, 0.4) is 0 Å². The number of allylic oxidation sites excluding steroid dienone is 1. The Morgan fingerprint density at radius 3 is 2.71 bits per heavy atom. The zero-order chi connectivity index (χ0) is 24.6. The van der Waals surface area contributed by atoms with Crippen molar-refractivity contribution in [1.29, 1.82) is 0 Å². The Balaban J connectivity index is 0.000000406. The molecule has 2 aromatic heterocycles. The summed E-state index contributed by atoms with van der Waals surface area (Å²) in [6.45, 7) is 4.09. The normalized spacial score (nSPS) is 19.4. The van der Waals surface area contributed by atoms with Crippen molar-refractivity contribution < 1.29 is 23.4 Å². The van der Waals surface area contributed by atoms with Crippen molar-refractivity contribution in [3.8, 4) is 5.75 Å². The first kappa shape index (κ1) is 25.2. The molecule has 1 aliphatic rings. The lowest BCUT2D eigenvalue weighted by Crippen LogP contribution is -2.25. The highest BCUT2D eigenvalue weighted by Crippen LogP contribution is 2.37. The third-order valence-electron chi connectivity index (χ3n) is 4.95. The average Bonchev–Trinajstić information content (AvgIpc) is 3.44. The van der Waals surface area contributed by atoms with Crippen molar-refractivity contribution >= 4 is 31.0 Å². The van der Waals surface area contributed by atoms with Gasteiger partial charge in [0.2, 0.25) is 0 Å². The standard InChI is InChI=1S/C18H19N5O3P.C4H9NO2/c1-18(25-12-27(24)26-14-5-3-2-4-6-14)8-7-13(9-18)23-11-22-15-16(19)20-10-21-17(15)23;1-2-7-4(6)3-5/h2-8,10-11,13H,9,12H2,1H3,(H2,19,20,21);2-3,5H2,1H3/q+1;/t13?,18-;/m1./s1. The molecule has 1 aliphatic carbocycles. The van der Waals surface area contributed by atoms with E-state index in [0.29, 0.717) is 35.8 Å². The molecule has 0 spiro atoms. The zero-order valence-corrected chi connectivity index (χ0v) is 19.9. The molecule has 3 atom stereocenters. The van der Waals surface area contributed by atoms with Gasteiger partial charge in [0, 0.05) is 6.42 Å². The number of carbonyl (C=O) groups is 1. The Bertz CT molecular complexity index is 1160. The summed E-state index contributed by atoms with van der Waals surface area (Å²) in [4.78, 5) is 22.6. The Morgan fingerprint density at radius 2 is 2.03 bits per heavy atom. The fourth-order valence-corrected chi connectivity index (χ4v) is 4.13. The molecule has 0 radical (unpaired) electrons. The number of carbonyl (C=O) groups excluding carboxylic acids is 1. The maximum atomic E-state index is 12.2. The highest BCUT2D eigenvalue weighted by atomic mass is 31.1. The lowest BCUT2D eigenvalue weighted by Gasteiger charge is -2.22. The van der Waals surface area contributed by atoms with E-state index in [4.69, 9.17) is 20.7 Å². The van der Waals surface area contributed by atoms with Crippen LogP contribution in [-0.2, 0) is 18.8 Å². The molecule has 34 heavy (non-hydrogen) atoms. The summed E-state index contributed by atoms with van der Waals surface area (Å²) >= 11 is 0. The topological polar surface area (TPSA) is 157 Å². The van der Waals surface area contributed by atoms with Crippen LogP contribution in [0.1, 0.15) is 26.3 Å². The van der Waals surface area contributed by atoms with E-state index in [-0.39, 0.29) is 24.9 Å². The number of aromatic nitrogens is 4. The maximum Gasteiger partial charge on any atom is 0.585 e. The first-order chi connectivity index (χ1) is 16.3. The molecule has 0 amide bonds. The molecule has 11 nitrogen and oxygen atoms in total. The van der Waals surface area contributed by atoms with Crippen molar-refractivity contribution in [1.82, 2.24) is 19.5 Å². The predicted octanol–water partition coefficient (Wildman–Crippen LogP) is 2.97. The number of nitrogen functional groups attached to an aromatic ring is 1. The van der Waals surface area contributed by atoms with Gasteiger partial charge >= 0.3 is 14.0 Å². The van der Waals surface area contributed by atoms with Crippen molar-refractivity contribution in [3.63, 3.8) is 0 Å². The van der Waals surface area contributed by atoms with Gasteiger partial charge in [0.05, 0.1) is 31.1 Å². The van der Waals surface area contributed by atoms with Crippen molar-refractivity contribution in [2.24, 2.45) is 5.73 Å². The number of hydrogen-bond acceptors (Lipinski definition) is 10. The van der Waals surface area contributed by atoms with Gasteiger partial charge in [0.1, 0.15) is 11.8 Å². The fourth-order valence-electron chi connectivity index (χ4n) is 3.32. The number of imidazole rings is 1. The summed E-state index contributed by atoms with van der Waals surface area (Å²) in [5.41, 5.74) is 11.4.